The van der Waals surface area contributed by atoms with Crippen LogP contribution in [0.4, 0.5) is 5.69 Å². The van der Waals surface area contributed by atoms with Gasteiger partial charge in [-0.25, -0.2) is 4.99 Å². The van der Waals surface area contributed by atoms with E-state index >= 15 is 0 Å². The van der Waals surface area contributed by atoms with E-state index in [1.54, 1.807) is 18.2 Å². The van der Waals surface area contributed by atoms with Gasteiger partial charge in [-0.3, -0.25) is 4.79 Å². The lowest BCUT2D eigenvalue weighted by Crippen LogP contribution is -2.19. The van der Waals surface area contributed by atoms with E-state index < -0.39 is 0 Å². The molecule has 0 saturated carbocycles. The average molecular weight is 464 g/mol. The van der Waals surface area contributed by atoms with Crippen molar-refractivity contribution >= 4 is 68.6 Å². The fraction of sp³-hybridized carbons (Fsp3) is 0. The molecule has 1 saturated heterocycles. The van der Waals surface area contributed by atoms with Gasteiger partial charge in [0.15, 0.2) is 5.17 Å². The molecule has 2 heterocycles. The Bertz CT molecular complexity index is 1390. The molecule has 0 atom stereocenters. The molecule has 1 aliphatic rings. The highest BCUT2D eigenvalue weighted by molar-refractivity contribution is 8.18. The third-order valence-corrected chi connectivity index (χ3v) is 6.59. The van der Waals surface area contributed by atoms with Crippen molar-refractivity contribution in [2.45, 2.75) is 0 Å². The van der Waals surface area contributed by atoms with E-state index in [4.69, 9.17) is 23.2 Å². The van der Waals surface area contributed by atoms with Gasteiger partial charge in [-0.2, -0.15) is 0 Å². The smallest absolute Gasteiger partial charge is 0.264 e. The monoisotopic (exact) mass is 463 g/mol. The molecule has 0 aliphatic carbocycles. The van der Waals surface area contributed by atoms with Crippen molar-refractivity contribution in [3.05, 3.63) is 99.6 Å². The van der Waals surface area contributed by atoms with Gasteiger partial charge in [0.25, 0.3) is 5.91 Å². The average Bonchev–Trinajstić information content (AvgIpc) is 3.37. The maximum atomic E-state index is 12.5. The van der Waals surface area contributed by atoms with Gasteiger partial charge in [0, 0.05) is 17.6 Å². The second-order valence-electron chi connectivity index (χ2n) is 6.89. The zero-order chi connectivity index (χ0) is 21.4. The molecule has 4 aromatic rings. The summed E-state index contributed by atoms with van der Waals surface area (Å²) in [6, 6.07) is 23.7. The zero-order valence-electron chi connectivity index (χ0n) is 16.0. The summed E-state index contributed by atoms with van der Waals surface area (Å²) < 4.78 is 2.05. The number of nitrogens with zero attached hydrogens (tertiary/aromatic N) is 2. The molecule has 0 unspecified atom stereocenters. The third kappa shape index (κ3) is 4.00. The Kier molecular flexibility index (Phi) is 5.32. The summed E-state index contributed by atoms with van der Waals surface area (Å²) in [4.78, 5) is 17.5. The highest BCUT2D eigenvalue weighted by Gasteiger charge is 2.24. The minimum absolute atomic E-state index is 0.201. The lowest BCUT2D eigenvalue weighted by atomic mass is 10.1. The fourth-order valence-electron chi connectivity index (χ4n) is 3.38. The Morgan fingerprint density at radius 1 is 0.935 bits per heavy atom. The first kappa shape index (κ1) is 19.9. The van der Waals surface area contributed by atoms with Crippen LogP contribution in [0.5, 0.6) is 0 Å². The van der Waals surface area contributed by atoms with E-state index in [2.05, 4.69) is 45.2 Å². The first-order chi connectivity index (χ1) is 15.1. The number of benzene rings is 3. The van der Waals surface area contributed by atoms with E-state index in [0.717, 1.165) is 16.8 Å². The Hall–Kier alpha value is -2.99. The van der Waals surface area contributed by atoms with Crippen molar-refractivity contribution in [1.29, 1.82) is 0 Å². The molecule has 0 spiro atoms. The molecule has 1 aromatic heterocycles. The summed E-state index contributed by atoms with van der Waals surface area (Å²) in [5, 5.41) is 6.37. The largest absolute Gasteiger partial charge is 0.317 e. The molecule has 31 heavy (non-hydrogen) atoms. The van der Waals surface area contributed by atoms with Crippen molar-refractivity contribution in [2.75, 3.05) is 0 Å². The lowest BCUT2D eigenvalue weighted by Gasteiger charge is -2.08. The van der Waals surface area contributed by atoms with E-state index in [9.17, 15) is 4.79 Å². The second-order valence-corrected chi connectivity index (χ2v) is 8.70. The molecule has 1 N–H and O–H groups in total. The Balaban J connectivity index is 1.46. The maximum absolute atomic E-state index is 12.5. The number of carbonyl (C=O) groups is 1. The van der Waals surface area contributed by atoms with Crippen LogP contribution in [0.25, 0.3) is 22.5 Å². The first-order valence-electron chi connectivity index (χ1n) is 9.49. The van der Waals surface area contributed by atoms with Gasteiger partial charge in [-0.1, -0.05) is 59.6 Å². The predicted molar refractivity (Wildman–Crippen MR) is 131 cm³/mol. The van der Waals surface area contributed by atoms with E-state index in [0.29, 0.717) is 25.8 Å². The number of fused-ring (bicyclic) bond motifs is 1. The number of hydrogen-bond donors (Lipinski definition) is 1. The van der Waals surface area contributed by atoms with Crippen molar-refractivity contribution in [2.24, 2.45) is 4.99 Å². The molecular weight excluding hydrogens is 449 g/mol. The van der Waals surface area contributed by atoms with E-state index in [-0.39, 0.29) is 5.91 Å². The van der Waals surface area contributed by atoms with Gasteiger partial charge in [-0.05, 0) is 65.0 Å². The quantitative estimate of drug-likeness (QED) is 0.338. The highest BCUT2D eigenvalue weighted by Crippen LogP contribution is 2.34. The Morgan fingerprint density at radius 3 is 2.65 bits per heavy atom. The van der Waals surface area contributed by atoms with Crippen LogP contribution in [-0.4, -0.2) is 15.6 Å². The minimum Gasteiger partial charge on any atom is -0.317 e. The summed E-state index contributed by atoms with van der Waals surface area (Å²) in [7, 11) is 0. The second kappa shape index (κ2) is 8.27. The third-order valence-electron chi connectivity index (χ3n) is 4.87. The number of amides is 1. The lowest BCUT2D eigenvalue weighted by molar-refractivity contribution is -0.115. The molecule has 152 valence electrons. The molecular formula is C24H15Cl2N3OS. The van der Waals surface area contributed by atoms with Gasteiger partial charge in [-0.15, -0.1) is 0 Å². The molecule has 1 aliphatic heterocycles. The molecule has 0 bridgehead atoms. The van der Waals surface area contributed by atoms with Crippen molar-refractivity contribution in [3.63, 3.8) is 0 Å². The van der Waals surface area contributed by atoms with Crippen molar-refractivity contribution < 1.29 is 4.79 Å². The number of aliphatic imine (C=N–C) groups is 1. The van der Waals surface area contributed by atoms with Crippen LogP contribution in [0.3, 0.4) is 0 Å². The number of thioether (sulfide) groups is 1. The molecule has 5 rings (SSSR count). The molecule has 1 fully saturated rings. The van der Waals surface area contributed by atoms with Gasteiger partial charge in [0.1, 0.15) is 0 Å². The molecule has 7 heteroatoms. The minimum atomic E-state index is -0.201. The Morgan fingerprint density at radius 2 is 1.77 bits per heavy atom. The number of nitrogens with one attached hydrogen (secondary N) is 1. The highest BCUT2D eigenvalue weighted by atomic mass is 35.5. The van der Waals surface area contributed by atoms with Crippen LogP contribution in [0.15, 0.2) is 88.9 Å². The van der Waals surface area contributed by atoms with Crippen molar-refractivity contribution in [3.8, 4) is 5.69 Å². The SMILES string of the molecule is O=C1NC(=Nc2cccc(Cl)c2Cl)S/C1=C\c1cccn1-c1ccc2ccccc2c1. The molecule has 1 amide bonds. The topological polar surface area (TPSA) is 46.4 Å². The van der Waals surface area contributed by atoms with Crippen LogP contribution in [-0.2, 0) is 4.79 Å². The summed E-state index contributed by atoms with van der Waals surface area (Å²) in [5.74, 6) is -0.201. The van der Waals surface area contributed by atoms with Crippen LogP contribution in [0.2, 0.25) is 10.0 Å². The predicted octanol–water partition coefficient (Wildman–Crippen LogP) is 6.83. The van der Waals surface area contributed by atoms with Crippen LogP contribution < -0.4 is 5.32 Å². The van der Waals surface area contributed by atoms with Gasteiger partial charge >= 0.3 is 0 Å². The molecule has 0 radical (unpaired) electrons. The summed E-state index contributed by atoms with van der Waals surface area (Å²) in [5.41, 5.74) is 2.44. The number of rotatable bonds is 3. The zero-order valence-corrected chi connectivity index (χ0v) is 18.4. The summed E-state index contributed by atoms with van der Waals surface area (Å²) in [6.45, 7) is 0. The van der Waals surface area contributed by atoms with Gasteiger partial charge < -0.3 is 9.88 Å². The molecule has 3 aromatic carbocycles. The maximum Gasteiger partial charge on any atom is 0.264 e. The van der Waals surface area contributed by atoms with Crippen LogP contribution in [0.1, 0.15) is 5.69 Å². The van der Waals surface area contributed by atoms with E-state index in [1.165, 1.54) is 17.1 Å². The Labute approximate surface area is 193 Å². The number of hydrogen-bond acceptors (Lipinski definition) is 3. The number of halogens is 2. The summed E-state index contributed by atoms with van der Waals surface area (Å²) >= 11 is 13.5. The fourth-order valence-corrected chi connectivity index (χ4v) is 4.53. The number of carbonyl (C=O) groups excluding carboxylic acids is 1. The van der Waals surface area contributed by atoms with Crippen LogP contribution in [0, 0.1) is 0 Å². The standard InChI is InChI=1S/C24H15Cl2N3OS/c25-19-8-3-9-20(22(19)26)27-24-28-23(30)21(31-24)14-17-7-4-12-29(17)18-11-10-15-5-1-2-6-16(15)13-18/h1-14H,(H,27,28,30)/b21-14-. The first-order valence-corrected chi connectivity index (χ1v) is 11.1. The number of amidine groups is 1. The summed E-state index contributed by atoms with van der Waals surface area (Å²) in [6.07, 6.45) is 3.84. The van der Waals surface area contributed by atoms with E-state index in [1.807, 2.05) is 36.5 Å². The molecule has 4 nitrogen and oxygen atoms in total. The van der Waals surface area contributed by atoms with Crippen LogP contribution >= 0.6 is 35.0 Å². The van der Waals surface area contributed by atoms with Gasteiger partial charge in [0.2, 0.25) is 0 Å². The van der Waals surface area contributed by atoms with Gasteiger partial charge in [0.05, 0.1) is 20.6 Å². The normalized spacial score (nSPS) is 16.4. The van der Waals surface area contributed by atoms with Crippen molar-refractivity contribution in [1.82, 2.24) is 9.88 Å². The number of aromatic nitrogens is 1.